The van der Waals surface area contributed by atoms with Crippen LogP contribution in [0.1, 0.15) is 18.4 Å². The van der Waals surface area contributed by atoms with Gasteiger partial charge < -0.3 is 14.5 Å². The molecule has 1 fully saturated rings. The van der Waals surface area contributed by atoms with Gasteiger partial charge in [-0.2, -0.15) is 0 Å². The molecule has 0 spiro atoms. The van der Waals surface area contributed by atoms with Crippen LogP contribution in [0.2, 0.25) is 0 Å². The van der Waals surface area contributed by atoms with Crippen LogP contribution in [0, 0.1) is 0 Å². The first-order valence-electron chi connectivity index (χ1n) is 11.4. The molecule has 2 atom stereocenters. The molecule has 0 radical (unpaired) electrons. The number of fused-ring (bicyclic) bond motifs is 1. The van der Waals surface area contributed by atoms with E-state index in [0.29, 0.717) is 6.54 Å². The number of nitrogens with one attached hydrogen (secondary N) is 1. The standard InChI is InChI=1S/C25H25N5O2S/c1-2-7-17(8-3-1)24-27-13-19(32-24)16-33-25-29-28-23(30(25)15-18-9-6-12-31-18)21-14-26-22-11-5-4-10-20(21)22/h1-5,7-8,10-11,14,18-19,26H,6,9,12-13,15-16H2. The number of hydrogen-bond donors (Lipinski definition) is 1. The molecule has 4 heterocycles. The Morgan fingerprint density at radius 1 is 1.03 bits per heavy atom. The highest BCUT2D eigenvalue weighted by molar-refractivity contribution is 7.99. The van der Waals surface area contributed by atoms with E-state index in [1.165, 1.54) is 0 Å². The third-order valence-corrected chi connectivity index (χ3v) is 7.19. The van der Waals surface area contributed by atoms with Gasteiger partial charge in [-0.05, 0) is 31.0 Å². The maximum atomic E-state index is 6.12. The average molecular weight is 460 g/mol. The zero-order valence-electron chi connectivity index (χ0n) is 18.2. The Morgan fingerprint density at radius 2 is 1.91 bits per heavy atom. The SMILES string of the molecule is c1ccc(C2=NCC(CSc3nnc(-c4c[nH]c5ccccc45)n3CC3CCCO3)O2)cc1. The van der Waals surface area contributed by atoms with E-state index in [0.717, 1.165) is 70.7 Å². The zero-order chi connectivity index (χ0) is 22.0. The zero-order valence-corrected chi connectivity index (χ0v) is 19.0. The van der Waals surface area contributed by atoms with E-state index in [1.54, 1.807) is 11.8 Å². The summed E-state index contributed by atoms with van der Waals surface area (Å²) in [5.41, 5.74) is 3.18. The van der Waals surface area contributed by atoms with Gasteiger partial charge in [0.25, 0.3) is 0 Å². The normalized spacial score (nSPS) is 20.3. The van der Waals surface area contributed by atoms with Gasteiger partial charge in [-0.3, -0.25) is 4.57 Å². The Labute approximate surface area is 196 Å². The second kappa shape index (κ2) is 9.03. The van der Waals surface area contributed by atoms with Crippen molar-refractivity contribution >= 4 is 28.6 Å². The van der Waals surface area contributed by atoms with Crippen molar-refractivity contribution in [2.24, 2.45) is 4.99 Å². The fraction of sp³-hybridized carbons (Fsp3) is 0.320. The minimum Gasteiger partial charge on any atom is -0.471 e. The van der Waals surface area contributed by atoms with Crippen LogP contribution in [0.25, 0.3) is 22.3 Å². The summed E-state index contributed by atoms with van der Waals surface area (Å²) in [6.45, 7) is 2.24. The van der Waals surface area contributed by atoms with Crippen LogP contribution in [0.3, 0.4) is 0 Å². The van der Waals surface area contributed by atoms with Gasteiger partial charge >= 0.3 is 0 Å². The molecule has 1 N–H and O–H groups in total. The molecule has 7 nitrogen and oxygen atoms in total. The van der Waals surface area contributed by atoms with Crippen LogP contribution in [0.5, 0.6) is 0 Å². The lowest BCUT2D eigenvalue weighted by Crippen LogP contribution is -2.19. The molecular formula is C25H25N5O2S. The first-order valence-corrected chi connectivity index (χ1v) is 12.3. The van der Waals surface area contributed by atoms with E-state index in [1.807, 2.05) is 42.6 Å². The van der Waals surface area contributed by atoms with Gasteiger partial charge in [-0.1, -0.05) is 48.2 Å². The van der Waals surface area contributed by atoms with Crippen molar-refractivity contribution in [1.29, 1.82) is 0 Å². The number of thioether (sulfide) groups is 1. The molecule has 2 unspecified atom stereocenters. The second-order valence-electron chi connectivity index (χ2n) is 8.36. The maximum absolute atomic E-state index is 6.12. The van der Waals surface area contributed by atoms with Crippen molar-refractivity contribution in [3.8, 4) is 11.4 Å². The number of rotatable bonds is 7. The lowest BCUT2D eigenvalue weighted by Gasteiger charge is -2.15. The van der Waals surface area contributed by atoms with Crippen molar-refractivity contribution in [3.63, 3.8) is 0 Å². The van der Waals surface area contributed by atoms with E-state index < -0.39 is 0 Å². The largest absolute Gasteiger partial charge is 0.471 e. The molecule has 6 rings (SSSR count). The van der Waals surface area contributed by atoms with Crippen LogP contribution < -0.4 is 0 Å². The Kier molecular flexibility index (Phi) is 5.61. The van der Waals surface area contributed by atoms with Crippen LogP contribution in [-0.4, -0.2) is 56.8 Å². The number of aromatic amines is 1. The number of aromatic nitrogens is 4. The minimum atomic E-state index is 0.0228. The summed E-state index contributed by atoms with van der Waals surface area (Å²) in [6, 6.07) is 18.3. The average Bonchev–Trinajstić information content (AvgIpc) is 3.66. The third kappa shape index (κ3) is 4.16. The molecule has 2 aliphatic heterocycles. The van der Waals surface area contributed by atoms with Gasteiger partial charge in [0.1, 0.15) is 6.10 Å². The van der Waals surface area contributed by atoms with E-state index in [-0.39, 0.29) is 12.2 Å². The quantitative estimate of drug-likeness (QED) is 0.411. The topological polar surface area (TPSA) is 77.3 Å². The Bertz CT molecular complexity index is 1280. The van der Waals surface area contributed by atoms with Crippen LogP contribution in [-0.2, 0) is 16.0 Å². The molecule has 2 aromatic carbocycles. The monoisotopic (exact) mass is 459 g/mol. The fourth-order valence-electron chi connectivity index (χ4n) is 4.42. The van der Waals surface area contributed by atoms with Gasteiger partial charge in [-0.25, -0.2) is 4.99 Å². The summed E-state index contributed by atoms with van der Waals surface area (Å²) in [5.74, 6) is 2.36. The minimum absolute atomic E-state index is 0.0228. The van der Waals surface area contributed by atoms with Crippen LogP contribution >= 0.6 is 11.8 Å². The van der Waals surface area contributed by atoms with Gasteiger partial charge in [-0.15, -0.1) is 10.2 Å². The van der Waals surface area contributed by atoms with E-state index in [4.69, 9.17) is 9.47 Å². The molecule has 33 heavy (non-hydrogen) atoms. The molecule has 0 bridgehead atoms. The van der Waals surface area contributed by atoms with Crippen molar-refractivity contribution in [2.75, 3.05) is 18.9 Å². The summed E-state index contributed by atoms with van der Waals surface area (Å²) >= 11 is 1.67. The number of ether oxygens (including phenoxy) is 2. The number of H-pyrrole nitrogens is 1. The van der Waals surface area contributed by atoms with Crippen LogP contribution in [0.4, 0.5) is 0 Å². The van der Waals surface area contributed by atoms with Gasteiger partial charge in [0, 0.05) is 40.6 Å². The maximum Gasteiger partial charge on any atom is 0.216 e. The molecule has 2 aliphatic rings. The van der Waals surface area contributed by atoms with Crippen molar-refractivity contribution in [2.45, 2.75) is 36.8 Å². The predicted octanol–water partition coefficient (Wildman–Crippen LogP) is 4.54. The summed E-state index contributed by atoms with van der Waals surface area (Å²) in [5, 5.41) is 11.2. The number of hydrogen-bond acceptors (Lipinski definition) is 6. The van der Waals surface area contributed by atoms with Crippen molar-refractivity contribution in [1.82, 2.24) is 19.7 Å². The number of nitrogens with zero attached hydrogens (tertiary/aromatic N) is 4. The lowest BCUT2D eigenvalue weighted by atomic mass is 10.1. The third-order valence-electron chi connectivity index (χ3n) is 6.09. The van der Waals surface area contributed by atoms with Crippen molar-refractivity contribution < 1.29 is 9.47 Å². The molecule has 0 aliphatic carbocycles. The van der Waals surface area contributed by atoms with Gasteiger partial charge in [0.15, 0.2) is 11.0 Å². The lowest BCUT2D eigenvalue weighted by molar-refractivity contribution is 0.0953. The highest BCUT2D eigenvalue weighted by Gasteiger charge is 2.26. The summed E-state index contributed by atoms with van der Waals surface area (Å²) in [6.07, 6.45) is 4.41. The van der Waals surface area contributed by atoms with E-state index in [9.17, 15) is 0 Å². The van der Waals surface area contributed by atoms with E-state index in [2.05, 4.69) is 42.9 Å². The first kappa shape index (κ1) is 20.5. The Morgan fingerprint density at radius 3 is 2.79 bits per heavy atom. The second-order valence-corrected chi connectivity index (χ2v) is 9.35. The first-order chi connectivity index (χ1) is 16.3. The Hall–Kier alpha value is -3.10. The highest BCUT2D eigenvalue weighted by atomic mass is 32.2. The number of aliphatic imine (C=N–C) groups is 1. The summed E-state index contributed by atoms with van der Waals surface area (Å²) in [4.78, 5) is 7.96. The molecule has 2 aromatic heterocycles. The molecular weight excluding hydrogens is 434 g/mol. The summed E-state index contributed by atoms with van der Waals surface area (Å²) in [7, 11) is 0. The molecule has 1 saturated heterocycles. The predicted molar refractivity (Wildman–Crippen MR) is 130 cm³/mol. The van der Waals surface area contributed by atoms with E-state index >= 15 is 0 Å². The van der Waals surface area contributed by atoms with Crippen molar-refractivity contribution in [3.05, 3.63) is 66.4 Å². The van der Waals surface area contributed by atoms with Gasteiger partial charge in [0.2, 0.25) is 5.90 Å². The molecule has 0 saturated carbocycles. The van der Waals surface area contributed by atoms with Gasteiger partial charge in [0.05, 0.1) is 19.2 Å². The molecule has 0 amide bonds. The Balaban J connectivity index is 1.22. The number of para-hydroxylation sites is 1. The summed E-state index contributed by atoms with van der Waals surface area (Å²) < 4.78 is 14.3. The molecule has 8 heteroatoms. The molecule has 4 aromatic rings. The fourth-order valence-corrected chi connectivity index (χ4v) is 5.34. The van der Waals surface area contributed by atoms with Crippen LogP contribution in [0.15, 0.2) is 70.9 Å². The highest BCUT2D eigenvalue weighted by Crippen LogP contribution is 2.32. The number of benzene rings is 2. The smallest absolute Gasteiger partial charge is 0.216 e. The molecule has 168 valence electrons.